The molecule has 0 saturated heterocycles. The second-order valence-corrected chi connectivity index (χ2v) is 5.43. The Kier molecular flexibility index (Phi) is 5.14. The first-order chi connectivity index (χ1) is 11.3. The molecule has 0 radical (unpaired) electrons. The second kappa shape index (κ2) is 7.09. The van der Waals surface area contributed by atoms with E-state index < -0.39 is 22.3 Å². The highest BCUT2D eigenvalue weighted by Gasteiger charge is 2.17. The fourth-order valence-electron chi connectivity index (χ4n) is 2.02. The number of aromatic hydroxyl groups is 1. The Morgan fingerprint density at radius 2 is 2.21 bits per heavy atom. The third-order valence-corrected chi connectivity index (χ3v) is 3.29. The molecule has 24 heavy (non-hydrogen) atoms. The van der Waals surface area contributed by atoms with Gasteiger partial charge in [0, 0.05) is 22.3 Å². The van der Waals surface area contributed by atoms with Crippen LogP contribution in [0.5, 0.6) is 5.75 Å². The maximum Gasteiger partial charge on any atom is 0.312 e. The van der Waals surface area contributed by atoms with Gasteiger partial charge in [-0.25, -0.2) is 5.43 Å². The Morgan fingerprint density at radius 3 is 2.79 bits per heavy atom. The molecule has 10 heteroatoms. The van der Waals surface area contributed by atoms with Crippen LogP contribution >= 0.6 is 11.6 Å². The standard InChI is InChI=1S/C14H14ClN5O4/c1-8-3-9(2)19(18-8)7-13(21)17-16-6-10-4-11(15)5-12(14(10)22)20(23)24/h3-6,22H,7H2,1-2H3,(H,17,21)/b16-6+. The molecule has 0 aliphatic carbocycles. The second-order valence-electron chi connectivity index (χ2n) is 5.00. The van der Waals surface area contributed by atoms with Gasteiger partial charge < -0.3 is 5.11 Å². The van der Waals surface area contributed by atoms with Crippen LogP contribution in [0.4, 0.5) is 5.69 Å². The number of halogens is 1. The first kappa shape index (κ1) is 17.4. The van der Waals surface area contributed by atoms with E-state index in [9.17, 15) is 20.0 Å². The van der Waals surface area contributed by atoms with E-state index in [2.05, 4.69) is 15.6 Å². The van der Waals surface area contributed by atoms with E-state index in [4.69, 9.17) is 11.6 Å². The number of nitro groups is 1. The number of phenols is 1. The third kappa shape index (κ3) is 4.07. The summed E-state index contributed by atoms with van der Waals surface area (Å²) in [7, 11) is 0. The number of nitrogens with one attached hydrogen (secondary N) is 1. The van der Waals surface area contributed by atoms with Crippen molar-refractivity contribution in [1.82, 2.24) is 15.2 Å². The van der Waals surface area contributed by atoms with Crippen LogP contribution in [0, 0.1) is 24.0 Å². The van der Waals surface area contributed by atoms with E-state index in [0.29, 0.717) is 0 Å². The molecule has 126 valence electrons. The zero-order valence-corrected chi connectivity index (χ0v) is 13.6. The van der Waals surface area contributed by atoms with Gasteiger partial charge in [0.2, 0.25) is 5.75 Å². The number of hydrogen-bond donors (Lipinski definition) is 2. The molecule has 9 nitrogen and oxygen atoms in total. The van der Waals surface area contributed by atoms with Gasteiger partial charge in [-0.3, -0.25) is 19.6 Å². The number of hydrazone groups is 1. The SMILES string of the molecule is Cc1cc(C)n(CC(=O)N/N=C/c2cc(Cl)cc([N+](=O)[O-])c2O)n1. The highest BCUT2D eigenvalue weighted by molar-refractivity contribution is 6.31. The molecule has 2 N–H and O–H groups in total. The van der Waals surface area contributed by atoms with Crippen molar-refractivity contribution in [3.8, 4) is 5.75 Å². The number of phenolic OH excluding ortho intramolecular Hbond substituents is 1. The largest absolute Gasteiger partial charge is 0.502 e. The Labute approximate surface area is 141 Å². The lowest BCUT2D eigenvalue weighted by molar-refractivity contribution is -0.385. The van der Waals surface area contributed by atoms with Crippen LogP contribution in [-0.2, 0) is 11.3 Å². The number of carbonyl (C=O) groups excluding carboxylic acids is 1. The molecule has 0 unspecified atom stereocenters. The van der Waals surface area contributed by atoms with Gasteiger partial charge in [-0.05, 0) is 26.0 Å². The van der Waals surface area contributed by atoms with Gasteiger partial charge in [-0.2, -0.15) is 10.2 Å². The van der Waals surface area contributed by atoms with Crippen LogP contribution in [0.3, 0.4) is 0 Å². The van der Waals surface area contributed by atoms with E-state index >= 15 is 0 Å². The lowest BCUT2D eigenvalue weighted by Crippen LogP contribution is -2.24. The smallest absolute Gasteiger partial charge is 0.312 e. The molecular weight excluding hydrogens is 338 g/mol. The first-order valence-corrected chi connectivity index (χ1v) is 7.15. The van der Waals surface area contributed by atoms with Crippen molar-refractivity contribution in [3.63, 3.8) is 0 Å². The zero-order valence-electron chi connectivity index (χ0n) is 12.9. The number of benzene rings is 1. The number of rotatable bonds is 5. The molecule has 0 atom stereocenters. The number of carbonyl (C=O) groups is 1. The van der Waals surface area contributed by atoms with Gasteiger partial charge in [0.05, 0.1) is 16.8 Å². The molecule has 0 bridgehead atoms. The van der Waals surface area contributed by atoms with E-state index in [-0.39, 0.29) is 17.1 Å². The molecule has 2 rings (SSSR count). The van der Waals surface area contributed by atoms with Gasteiger partial charge in [0.25, 0.3) is 5.91 Å². The Morgan fingerprint density at radius 1 is 1.50 bits per heavy atom. The van der Waals surface area contributed by atoms with Crippen LogP contribution in [0.15, 0.2) is 23.3 Å². The maximum absolute atomic E-state index is 11.8. The summed E-state index contributed by atoms with van der Waals surface area (Å²) in [5, 5.41) is 28.5. The summed E-state index contributed by atoms with van der Waals surface area (Å²) in [6.45, 7) is 3.60. The minimum atomic E-state index is -0.764. The van der Waals surface area contributed by atoms with Crippen LogP contribution < -0.4 is 5.43 Å². The monoisotopic (exact) mass is 351 g/mol. The molecule has 0 aliphatic rings. The van der Waals surface area contributed by atoms with Crippen LogP contribution in [0.2, 0.25) is 5.02 Å². The molecule has 0 aliphatic heterocycles. The Hall–Kier alpha value is -2.94. The van der Waals surface area contributed by atoms with E-state index in [0.717, 1.165) is 23.7 Å². The predicted molar refractivity (Wildman–Crippen MR) is 87.2 cm³/mol. The number of nitro benzene ring substituents is 1. The summed E-state index contributed by atoms with van der Waals surface area (Å²) in [5.41, 5.74) is 3.35. The average Bonchev–Trinajstić information content (AvgIpc) is 2.79. The van der Waals surface area contributed by atoms with Crippen molar-refractivity contribution in [2.45, 2.75) is 20.4 Å². The van der Waals surface area contributed by atoms with E-state index in [1.165, 1.54) is 10.7 Å². The molecule has 0 fully saturated rings. The van der Waals surface area contributed by atoms with Gasteiger partial charge in [0.15, 0.2) is 0 Å². The minimum Gasteiger partial charge on any atom is -0.502 e. The van der Waals surface area contributed by atoms with E-state index in [1.807, 2.05) is 19.9 Å². The van der Waals surface area contributed by atoms with Crippen LogP contribution in [0.1, 0.15) is 17.0 Å². The summed E-state index contributed by atoms with van der Waals surface area (Å²) in [4.78, 5) is 21.9. The van der Waals surface area contributed by atoms with Gasteiger partial charge in [-0.15, -0.1) is 0 Å². The number of nitrogens with zero attached hydrogens (tertiary/aromatic N) is 4. The zero-order chi connectivity index (χ0) is 17.9. The Bertz CT molecular complexity index is 831. The topological polar surface area (TPSA) is 123 Å². The average molecular weight is 352 g/mol. The van der Waals surface area contributed by atoms with Gasteiger partial charge in [-0.1, -0.05) is 11.6 Å². The lowest BCUT2D eigenvalue weighted by atomic mass is 10.2. The highest BCUT2D eigenvalue weighted by atomic mass is 35.5. The van der Waals surface area contributed by atoms with E-state index in [1.54, 1.807) is 0 Å². The summed E-state index contributed by atoms with van der Waals surface area (Å²) in [6, 6.07) is 4.15. The summed E-state index contributed by atoms with van der Waals surface area (Å²) < 4.78 is 1.52. The van der Waals surface area contributed by atoms with Crippen molar-refractivity contribution in [3.05, 3.63) is 50.3 Å². The molecule has 1 aromatic carbocycles. The molecular formula is C14H14ClN5O4. The molecule has 1 heterocycles. The fourth-order valence-corrected chi connectivity index (χ4v) is 2.24. The van der Waals surface area contributed by atoms with Crippen LogP contribution in [-0.4, -0.2) is 31.9 Å². The lowest BCUT2D eigenvalue weighted by Gasteiger charge is -2.03. The van der Waals surface area contributed by atoms with Crippen LogP contribution in [0.25, 0.3) is 0 Å². The summed E-state index contributed by atoms with van der Waals surface area (Å²) in [5.74, 6) is -1.02. The minimum absolute atomic E-state index is 0.0145. The van der Waals surface area contributed by atoms with Gasteiger partial charge >= 0.3 is 5.69 Å². The quantitative estimate of drug-likeness (QED) is 0.484. The molecule has 0 spiro atoms. The maximum atomic E-state index is 11.8. The van der Waals surface area contributed by atoms with Crippen molar-refractivity contribution < 1.29 is 14.8 Å². The third-order valence-electron chi connectivity index (χ3n) is 3.07. The molecule has 0 saturated carbocycles. The van der Waals surface area contributed by atoms with Crippen molar-refractivity contribution in [2.75, 3.05) is 0 Å². The molecule has 2 aromatic rings. The van der Waals surface area contributed by atoms with Crippen molar-refractivity contribution >= 4 is 29.4 Å². The van der Waals surface area contributed by atoms with Crippen molar-refractivity contribution in [2.24, 2.45) is 5.10 Å². The predicted octanol–water partition coefficient (Wildman–Crippen LogP) is 1.92. The summed E-state index contributed by atoms with van der Waals surface area (Å²) in [6.07, 6.45) is 1.08. The fraction of sp³-hybridized carbons (Fsp3) is 0.214. The first-order valence-electron chi connectivity index (χ1n) is 6.77. The molecule has 1 amide bonds. The Balaban J connectivity index is 2.07. The number of amides is 1. The van der Waals surface area contributed by atoms with Crippen molar-refractivity contribution in [1.29, 1.82) is 0 Å². The number of aromatic nitrogens is 2. The number of aryl methyl sites for hydroxylation is 2. The molecule has 1 aromatic heterocycles. The summed E-state index contributed by atoms with van der Waals surface area (Å²) >= 11 is 5.76. The number of hydrogen-bond acceptors (Lipinski definition) is 6. The highest BCUT2D eigenvalue weighted by Crippen LogP contribution is 2.32. The normalized spacial score (nSPS) is 11.0. The van der Waals surface area contributed by atoms with Gasteiger partial charge in [0.1, 0.15) is 6.54 Å².